The number of carbonyl (C=O) groups excluding carboxylic acids is 1. The highest BCUT2D eigenvalue weighted by Crippen LogP contribution is 2.33. The van der Waals surface area contributed by atoms with E-state index in [0.29, 0.717) is 12.1 Å². The monoisotopic (exact) mass is 289 g/mol. The van der Waals surface area contributed by atoms with E-state index in [2.05, 4.69) is 48.3 Å². The van der Waals surface area contributed by atoms with Crippen molar-refractivity contribution in [2.75, 3.05) is 18.5 Å². The third-order valence-electron chi connectivity index (χ3n) is 4.66. The van der Waals surface area contributed by atoms with Crippen LogP contribution in [-0.4, -0.2) is 25.5 Å². The highest BCUT2D eigenvalue weighted by molar-refractivity contribution is 5.78. The maximum atomic E-state index is 11.6. The molecule has 0 saturated carbocycles. The van der Waals surface area contributed by atoms with Crippen LogP contribution < -0.4 is 16.0 Å². The fraction of sp³-hybridized carbons (Fsp3) is 0.588. The minimum Gasteiger partial charge on any atom is -0.369 e. The van der Waals surface area contributed by atoms with Crippen molar-refractivity contribution >= 4 is 11.6 Å². The van der Waals surface area contributed by atoms with E-state index in [-0.39, 0.29) is 11.8 Å². The predicted molar refractivity (Wildman–Crippen MR) is 87.3 cm³/mol. The van der Waals surface area contributed by atoms with Crippen LogP contribution >= 0.6 is 0 Å². The van der Waals surface area contributed by atoms with E-state index in [4.69, 9.17) is 5.73 Å². The van der Waals surface area contributed by atoms with E-state index in [1.807, 2.05) is 7.05 Å². The van der Waals surface area contributed by atoms with Gasteiger partial charge in [-0.15, -0.1) is 0 Å². The summed E-state index contributed by atoms with van der Waals surface area (Å²) in [6.45, 7) is 5.14. The molecule has 21 heavy (non-hydrogen) atoms. The minimum absolute atomic E-state index is 0.0380. The molecular weight excluding hydrogens is 262 g/mol. The summed E-state index contributed by atoms with van der Waals surface area (Å²) in [5, 5.41) is 3.38. The average Bonchev–Trinajstić information content (AvgIpc) is 2.49. The van der Waals surface area contributed by atoms with Gasteiger partial charge in [-0.1, -0.05) is 25.1 Å². The van der Waals surface area contributed by atoms with Gasteiger partial charge in [-0.25, -0.2) is 0 Å². The van der Waals surface area contributed by atoms with Crippen LogP contribution in [0.25, 0.3) is 0 Å². The SMILES string of the molecule is CCC(NC)c1ccccc1N1CC(C(N)=O)CCC1C. The van der Waals surface area contributed by atoms with E-state index in [9.17, 15) is 4.79 Å². The van der Waals surface area contributed by atoms with Crippen LogP contribution in [0.1, 0.15) is 44.7 Å². The van der Waals surface area contributed by atoms with Crippen molar-refractivity contribution < 1.29 is 4.79 Å². The molecular formula is C17H27N3O. The largest absolute Gasteiger partial charge is 0.369 e. The Morgan fingerprint density at radius 2 is 2.14 bits per heavy atom. The number of nitrogens with two attached hydrogens (primary N) is 1. The summed E-state index contributed by atoms with van der Waals surface area (Å²) in [5.41, 5.74) is 8.06. The maximum absolute atomic E-state index is 11.6. The number of nitrogens with zero attached hydrogens (tertiary/aromatic N) is 1. The van der Waals surface area contributed by atoms with E-state index in [1.54, 1.807) is 0 Å². The van der Waals surface area contributed by atoms with Gasteiger partial charge in [0.15, 0.2) is 0 Å². The van der Waals surface area contributed by atoms with E-state index >= 15 is 0 Å². The van der Waals surface area contributed by atoms with Gasteiger partial charge in [0, 0.05) is 24.3 Å². The first-order chi connectivity index (χ1) is 10.1. The van der Waals surface area contributed by atoms with Gasteiger partial charge in [0.1, 0.15) is 0 Å². The normalized spacial score (nSPS) is 23.9. The Balaban J connectivity index is 2.33. The van der Waals surface area contributed by atoms with Crippen molar-refractivity contribution in [3.8, 4) is 0 Å². The first-order valence-electron chi connectivity index (χ1n) is 7.90. The molecule has 3 N–H and O–H groups in total. The summed E-state index contributed by atoms with van der Waals surface area (Å²) >= 11 is 0. The molecule has 3 atom stereocenters. The molecule has 1 amide bonds. The van der Waals surface area contributed by atoms with Crippen molar-refractivity contribution in [3.63, 3.8) is 0 Å². The van der Waals surface area contributed by atoms with Crippen LogP contribution in [0.3, 0.4) is 0 Å². The van der Waals surface area contributed by atoms with Crippen LogP contribution in [0.4, 0.5) is 5.69 Å². The van der Waals surface area contributed by atoms with Gasteiger partial charge in [-0.3, -0.25) is 4.79 Å². The van der Waals surface area contributed by atoms with Gasteiger partial charge >= 0.3 is 0 Å². The molecule has 0 bridgehead atoms. The topological polar surface area (TPSA) is 58.4 Å². The number of hydrogen-bond donors (Lipinski definition) is 2. The Bertz CT molecular complexity index is 485. The second-order valence-corrected chi connectivity index (χ2v) is 5.99. The molecule has 1 aromatic carbocycles. The lowest BCUT2D eigenvalue weighted by Crippen LogP contribution is -2.46. The number of benzene rings is 1. The van der Waals surface area contributed by atoms with Crippen LogP contribution in [-0.2, 0) is 4.79 Å². The third kappa shape index (κ3) is 3.38. The van der Waals surface area contributed by atoms with Gasteiger partial charge in [0.05, 0.1) is 5.92 Å². The number of piperidine rings is 1. The van der Waals surface area contributed by atoms with Crippen molar-refractivity contribution in [2.24, 2.45) is 11.7 Å². The molecule has 1 saturated heterocycles. The zero-order valence-electron chi connectivity index (χ0n) is 13.3. The Hall–Kier alpha value is -1.55. The van der Waals surface area contributed by atoms with Crippen LogP contribution in [0, 0.1) is 5.92 Å². The molecule has 1 aliphatic rings. The summed E-state index contributed by atoms with van der Waals surface area (Å²) < 4.78 is 0. The second kappa shape index (κ2) is 6.94. The fourth-order valence-electron chi connectivity index (χ4n) is 3.30. The molecule has 3 unspecified atom stereocenters. The van der Waals surface area contributed by atoms with Crippen molar-refractivity contribution in [3.05, 3.63) is 29.8 Å². The van der Waals surface area contributed by atoms with Gasteiger partial charge in [0.25, 0.3) is 0 Å². The third-order valence-corrected chi connectivity index (χ3v) is 4.66. The van der Waals surface area contributed by atoms with Crippen molar-refractivity contribution in [1.82, 2.24) is 5.32 Å². The molecule has 116 valence electrons. The van der Waals surface area contributed by atoms with E-state index < -0.39 is 0 Å². The molecule has 2 rings (SSSR count). The molecule has 1 heterocycles. The summed E-state index contributed by atoms with van der Waals surface area (Å²) in [7, 11) is 2.00. The van der Waals surface area contributed by atoms with E-state index in [1.165, 1.54) is 11.3 Å². The number of amides is 1. The molecule has 1 fully saturated rings. The van der Waals surface area contributed by atoms with Gasteiger partial charge in [-0.2, -0.15) is 0 Å². The van der Waals surface area contributed by atoms with Gasteiger partial charge in [0.2, 0.25) is 5.91 Å². The number of rotatable bonds is 5. The molecule has 0 aromatic heterocycles. The molecule has 0 radical (unpaired) electrons. The molecule has 1 aliphatic heterocycles. The first-order valence-corrected chi connectivity index (χ1v) is 7.90. The Kier molecular flexibility index (Phi) is 5.23. The number of nitrogens with one attached hydrogen (secondary N) is 1. The molecule has 1 aromatic rings. The van der Waals surface area contributed by atoms with Crippen LogP contribution in [0.2, 0.25) is 0 Å². The van der Waals surface area contributed by atoms with Crippen molar-refractivity contribution in [1.29, 1.82) is 0 Å². The average molecular weight is 289 g/mol. The zero-order chi connectivity index (χ0) is 15.4. The maximum Gasteiger partial charge on any atom is 0.222 e. The lowest BCUT2D eigenvalue weighted by Gasteiger charge is -2.40. The Labute approximate surface area is 127 Å². The Morgan fingerprint density at radius 3 is 2.76 bits per heavy atom. The quantitative estimate of drug-likeness (QED) is 0.875. The second-order valence-electron chi connectivity index (χ2n) is 5.99. The Morgan fingerprint density at radius 1 is 1.43 bits per heavy atom. The lowest BCUT2D eigenvalue weighted by molar-refractivity contribution is -0.122. The van der Waals surface area contributed by atoms with E-state index in [0.717, 1.165) is 25.8 Å². The standard InChI is InChI=1S/C17H27N3O/c1-4-15(19-3)14-7-5-6-8-16(14)20-11-13(17(18)21)10-9-12(20)2/h5-8,12-13,15,19H,4,9-11H2,1-3H3,(H2,18,21). The smallest absolute Gasteiger partial charge is 0.222 e. The highest BCUT2D eigenvalue weighted by atomic mass is 16.1. The molecule has 0 aliphatic carbocycles. The first kappa shape index (κ1) is 15.8. The molecule has 4 nitrogen and oxygen atoms in total. The summed E-state index contributed by atoms with van der Waals surface area (Å²) in [5.74, 6) is -0.214. The zero-order valence-corrected chi connectivity index (χ0v) is 13.3. The van der Waals surface area contributed by atoms with Crippen molar-refractivity contribution in [2.45, 2.75) is 45.2 Å². The fourth-order valence-corrected chi connectivity index (χ4v) is 3.30. The lowest BCUT2D eigenvalue weighted by atomic mass is 9.91. The number of primary amides is 1. The summed E-state index contributed by atoms with van der Waals surface area (Å²) in [6, 6.07) is 9.27. The minimum atomic E-state index is -0.176. The molecule has 4 heteroatoms. The van der Waals surface area contributed by atoms with Crippen LogP contribution in [0.5, 0.6) is 0 Å². The predicted octanol–water partition coefficient (Wildman–Crippen LogP) is 2.45. The van der Waals surface area contributed by atoms with Gasteiger partial charge in [-0.05, 0) is 44.9 Å². The van der Waals surface area contributed by atoms with Crippen LogP contribution in [0.15, 0.2) is 24.3 Å². The highest BCUT2D eigenvalue weighted by Gasteiger charge is 2.30. The summed E-state index contributed by atoms with van der Waals surface area (Å²) in [4.78, 5) is 13.9. The molecule has 0 spiro atoms. The number of carbonyl (C=O) groups is 1. The van der Waals surface area contributed by atoms with Gasteiger partial charge < -0.3 is 16.0 Å². The number of hydrogen-bond acceptors (Lipinski definition) is 3. The summed E-state index contributed by atoms with van der Waals surface area (Å²) in [6.07, 6.45) is 2.95. The number of para-hydroxylation sites is 1. The number of anilines is 1.